The molecule has 5 heteroatoms. The molecule has 156 valence electrons. The molecule has 1 fully saturated rings. The van der Waals surface area contributed by atoms with Gasteiger partial charge in [0, 0.05) is 31.2 Å². The number of allylic oxidation sites excluding steroid dienone is 1. The second-order valence-corrected chi connectivity index (χ2v) is 8.17. The summed E-state index contributed by atoms with van der Waals surface area (Å²) in [5, 5.41) is 20.7. The summed E-state index contributed by atoms with van der Waals surface area (Å²) in [4.78, 5) is 2.45. The number of aromatic nitrogens is 3. The van der Waals surface area contributed by atoms with E-state index in [1.807, 2.05) is 47.9 Å². The van der Waals surface area contributed by atoms with Crippen molar-refractivity contribution in [2.24, 2.45) is 5.92 Å². The predicted molar refractivity (Wildman–Crippen MR) is 119 cm³/mol. The summed E-state index contributed by atoms with van der Waals surface area (Å²) >= 11 is 0. The molecule has 1 aromatic heterocycles. The number of piperidine rings is 1. The zero-order valence-corrected chi connectivity index (χ0v) is 17.6. The van der Waals surface area contributed by atoms with Crippen LogP contribution in [-0.2, 0) is 12.0 Å². The molecule has 1 aliphatic heterocycles. The monoisotopic (exact) mass is 402 g/mol. The summed E-state index contributed by atoms with van der Waals surface area (Å²) in [6.07, 6.45) is 4.29. The molecule has 2 aromatic carbocycles. The summed E-state index contributed by atoms with van der Waals surface area (Å²) in [5.41, 5.74) is 1.29. The second kappa shape index (κ2) is 8.94. The van der Waals surface area contributed by atoms with Crippen molar-refractivity contribution in [3.05, 3.63) is 90.5 Å². The molecule has 2 atom stereocenters. The van der Waals surface area contributed by atoms with Crippen LogP contribution in [0.1, 0.15) is 30.1 Å². The highest BCUT2D eigenvalue weighted by Crippen LogP contribution is 2.39. The van der Waals surface area contributed by atoms with Crippen LogP contribution in [0.2, 0.25) is 0 Å². The van der Waals surface area contributed by atoms with Crippen molar-refractivity contribution in [1.29, 1.82) is 0 Å². The average Bonchev–Trinajstić information content (AvgIpc) is 3.18. The van der Waals surface area contributed by atoms with Crippen LogP contribution in [0.25, 0.3) is 5.69 Å². The van der Waals surface area contributed by atoms with Crippen LogP contribution >= 0.6 is 0 Å². The molecular weight excluding hydrogens is 372 g/mol. The van der Waals surface area contributed by atoms with Gasteiger partial charge in [0.1, 0.15) is 11.4 Å². The first-order valence-electron chi connectivity index (χ1n) is 10.7. The number of aryl methyl sites for hydroxylation is 1. The molecule has 1 saturated heterocycles. The fourth-order valence-electron chi connectivity index (χ4n) is 4.52. The van der Waals surface area contributed by atoms with E-state index in [2.05, 4.69) is 52.0 Å². The van der Waals surface area contributed by atoms with Crippen LogP contribution < -0.4 is 0 Å². The summed E-state index contributed by atoms with van der Waals surface area (Å²) < 4.78 is 2.00. The first kappa shape index (κ1) is 20.5. The molecule has 0 aliphatic carbocycles. The molecule has 1 aliphatic rings. The first-order valence-corrected chi connectivity index (χ1v) is 10.7. The highest BCUT2D eigenvalue weighted by molar-refractivity contribution is 5.35. The van der Waals surface area contributed by atoms with Gasteiger partial charge < -0.3 is 10.0 Å². The van der Waals surface area contributed by atoms with Gasteiger partial charge in [0.15, 0.2) is 5.82 Å². The van der Waals surface area contributed by atoms with Crippen molar-refractivity contribution >= 4 is 0 Å². The smallest absolute Gasteiger partial charge is 0.170 e. The Bertz CT molecular complexity index is 969. The number of nitrogens with zero attached hydrogens (tertiary/aromatic N) is 4. The van der Waals surface area contributed by atoms with Crippen LogP contribution in [0.3, 0.4) is 0 Å². The van der Waals surface area contributed by atoms with Gasteiger partial charge in [-0.3, -0.25) is 4.57 Å². The van der Waals surface area contributed by atoms with Gasteiger partial charge in [-0.15, -0.1) is 16.8 Å². The van der Waals surface area contributed by atoms with E-state index < -0.39 is 5.60 Å². The normalized spacial score (nSPS) is 22.1. The number of hydrogen-bond donors (Lipinski definition) is 1. The molecule has 2 heterocycles. The molecule has 1 N–H and O–H groups in total. The summed E-state index contributed by atoms with van der Waals surface area (Å²) in [7, 11) is 0. The lowest BCUT2D eigenvalue weighted by Gasteiger charge is -2.44. The summed E-state index contributed by atoms with van der Waals surface area (Å²) in [6, 6.07) is 20.6. The second-order valence-electron chi connectivity index (χ2n) is 8.17. The number of hydrogen-bond acceptors (Lipinski definition) is 4. The molecule has 0 saturated carbocycles. The number of benzene rings is 2. The molecular formula is C25H30N4O. The van der Waals surface area contributed by atoms with Crippen LogP contribution in [0, 0.1) is 12.8 Å². The van der Waals surface area contributed by atoms with E-state index in [9.17, 15) is 5.11 Å². The standard InChI is InChI=1S/C25H30N4O/c1-3-10-22-19-28(17-15-21-11-6-4-7-12-21)18-16-25(22,30)24-27-26-20(2)29(24)23-13-8-5-9-14-23/h3-9,11-14,22,30H,1,10,15-19H2,2H3/t22-,25+/m1/s1. The lowest BCUT2D eigenvalue weighted by molar-refractivity contribution is -0.0841. The first-order chi connectivity index (χ1) is 14.6. The van der Waals surface area contributed by atoms with Gasteiger partial charge in [0.25, 0.3) is 0 Å². The third kappa shape index (κ3) is 4.09. The van der Waals surface area contributed by atoms with Crippen molar-refractivity contribution in [2.45, 2.75) is 31.8 Å². The minimum absolute atomic E-state index is 0.0191. The fourth-order valence-corrected chi connectivity index (χ4v) is 4.52. The van der Waals surface area contributed by atoms with Crippen LogP contribution in [0.4, 0.5) is 0 Å². The molecule has 5 nitrogen and oxygen atoms in total. The van der Waals surface area contributed by atoms with Crippen molar-refractivity contribution in [3.8, 4) is 5.69 Å². The van der Waals surface area contributed by atoms with E-state index in [0.29, 0.717) is 12.2 Å². The van der Waals surface area contributed by atoms with Gasteiger partial charge in [-0.05, 0) is 43.9 Å². The molecule has 0 spiro atoms. The maximum absolute atomic E-state index is 11.9. The topological polar surface area (TPSA) is 54.2 Å². The Labute approximate surface area is 178 Å². The largest absolute Gasteiger partial charge is 0.381 e. The average molecular weight is 403 g/mol. The van der Waals surface area contributed by atoms with Crippen LogP contribution in [-0.4, -0.2) is 44.4 Å². The lowest BCUT2D eigenvalue weighted by Crippen LogP contribution is -2.51. The molecule has 3 aromatic rings. The van der Waals surface area contributed by atoms with Gasteiger partial charge in [0.2, 0.25) is 0 Å². The third-order valence-corrected chi connectivity index (χ3v) is 6.20. The van der Waals surface area contributed by atoms with Crippen LogP contribution in [0.15, 0.2) is 73.3 Å². The Kier molecular flexibility index (Phi) is 6.11. The Morgan fingerprint density at radius 3 is 2.50 bits per heavy atom. The van der Waals surface area contributed by atoms with Crippen LogP contribution in [0.5, 0.6) is 0 Å². The Morgan fingerprint density at radius 2 is 1.80 bits per heavy atom. The van der Waals surface area contributed by atoms with Crippen molar-refractivity contribution < 1.29 is 5.11 Å². The zero-order chi connectivity index (χ0) is 21.0. The van der Waals surface area contributed by atoms with Gasteiger partial charge in [-0.25, -0.2) is 0 Å². The minimum atomic E-state index is -1.03. The van der Waals surface area contributed by atoms with Gasteiger partial charge in [-0.1, -0.05) is 54.6 Å². The minimum Gasteiger partial charge on any atom is -0.381 e. The maximum Gasteiger partial charge on any atom is 0.170 e. The highest BCUT2D eigenvalue weighted by atomic mass is 16.3. The van der Waals surface area contributed by atoms with E-state index in [0.717, 1.165) is 44.0 Å². The molecule has 4 rings (SSSR count). The molecule has 30 heavy (non-hydrogen) atoms. The Balaban J connectivity index is 1.57. The number of para-hydroxylation sites is 1. The summed E-state index contributed by atoms with van der Waals surface area (Å²) in [5.74, 6) is 1.44. The predicted octanol–water partition coefficient (Wildman–Crippen LogP) is 3.90. The van der Waals surface area contributed by atoms with Crippen molar-refractivity contribution in [1.82, 2.24) is 19.7 Å². The fraction of sp³-hybridized carbons (Fsp3) is 0.360. The quantitative estimate of drug-likeness (QED) is 0.609. The Morgan fingerprint density at radius 1 is 1.10 bits per heavy atom. The van der Waals surface area contributed by atoms with E-state index >= 15 is 0 Å². The number of likely N-dealkylation sites (tertiary alicyclic amines) is 1. The zero-order valence-electron chi connectivity index (χ0n) is 17.6. The number of rotatable bonds is 7. The van der Waals surface area contributed by atoms with Gasteiger partial charge in [-0.2, -0.15) is 0 Å². The highest BCUT2D eigenvalue weighted by Gasteiger charge is 2.46. The van der Waals surface area contributed by atoms with E-state index in [1.54, 1.807) is 0 Å². The van der Waals surface area contributed by atoms with E-state index in [1.165, 1.54) is 5.56 Å². The van der Waals surface area contributed by atoms with Crippen molar-refractivity contribution in [3.63, 3.8) is 0 Å². The third-order valence-electron chi connectivity index (χ3n) is 6.20. The molecule has 0 bridgehead atoms. The number of aliphatic hydroxyl groups is 1. The lowest BCUT2D eigenvalue weighted by atomic mass is 9.78. The maximum atomic E-state index is 11.9. The van der Waals surface area contributed by atoms with E-state index in [-0.39, 0.29) is 5.92 Å². The van der Waals surface area contributed by atoms with Gasteiger partial charge >= 0.3 is 0 Å². The van der Waals surface area contributed by atoms with E-state index in [4.69, 9.17) is 0 Å². The van der Waals surface area contributed by atoms with Crippen molar-refractivity contribution in [2.75, 3.05) is 19.6 Å². The Hall–Kier alpha value is -2.76. The molecule has 0 amide bonds. The summed E-state index contributed by atoms with van der Waals surface area (Å²) in [6.45, 7) is 8.51. The molecule has 0 unspecified atom stereocenters. The SMILES string of the molecule is C=CC[C@@H]1CN(CCc2ccccc2)CC[C@@]1(O)c1nnc(C)n1-c1ccccc1. The molecule has 0 radical (unpaired) electrons. The van der Waals surface area contributed by atoms with Gasteiger partial charge in [0.05, 0.1) is 0 Å².